The standard InChI is InChI=1S/C29H50O/c1-19(2)9-8-10-20(3)23-13-14-24-22-12-11-21-17-26(30)27(4,5)18-29(21,7)25(22)15-16-28(23,24)6/h12,19-21,23-26,30H,8-11,13-18H2,1-7H3/t20-,21+,23-,24+,25+,26-,28-,29+/m1/s1. The maximum Gasteiger partial charge on any atom is 0.0594 e. The van der Waals surface area contributed by atoms with E-state index in [0.717, 1.165) is 36.0 Å². The molecule has 0 unspecified atom stereocenters. The van der Waals surface area contributed by atoms with Crippen LogP contribution in [0.5, 0.6) is 0 Å². The Morgan fingerprint density at radius 3 is 2.37 bits per heavy atom. The van der Waals surface area contributed by atoms with Crippen LogP contribution in [0.2, 0.25) is 0 Å². The summed E-state index contributed by atoms with van der Waals surface area (Å²) < 4.78 is 0. The van der Waals surface area contributed by atoms with E-state index in [1.54, 1.807) is 0 Å². The van der Waals surface area contributed by atoms with Gasteiger partial charge in [0.15, 0.2) is 0 Å². The van der Waals surface area contributed by atoms with Gasteiger partial charge in [-0.2, -0.15) is 0 Å². The molecule has 0 saturated heterocycles. The van der Waals surface area contributed by atoms with Gasteiger partial charge < -0.3 is 5.11 Å². The zero-order valence-corrected chi connectivity index (χ0v) is 21.1. The molecular formula is C29H50O. The molecule has 1 nitrogen and oxygen atoms in total. The molecule has 4 rings (SSSR count). The molecule has 0 aromatic rings. The van der Waals surface area contributed by atoms with Crippen molar-refractivity contribution in [1.29, 1.82) is 0 Å². The predicted molar refractivity (Wildman–Crippen MR) is 128 cm³/mol. The average Bonchev–Trinajstić information content (AvgIpc) is 2.99. The van der Waals surface area contributed by atoms with Crippen LogP contribution in [0.4, 0.5) is 0 Å². The lowest BCUT2D eigenvalue weighted by Gasteiger charge is -2.60. The Morgan fingerprint density at radius 2 is 1.67 bits per heavy atom. The van der Waals surface area contributed by atoms with Crippen molar-refractivity contribution in [3.8, 4) is 0 Å². The van der Waals surface area contributed by atoms with E-state index in [9.17, 15) is 5.11 Å². The second-order valence-electron chi connectivity index (χ2n) is 13.7. The Bertz CT molecular complexity index is 659. The second kappa shape index (κ2) is 7.93. The van der Waals surface area contributed by atoms with E-state index in [-0.39, 0.29) is 11.5 Å². The van der Waals surface area contributed by atoms with Crippen LogP contribution in [0.15, 0.2) is 11.6 Å². The second-order valence-corrected chi connectivity index (χ2v) is 13.7. The fourth-order valence-corrected chi connectivity index (χ4v) is 9.17. The van der Waals surface area contributed by atoms with Crippen LogP contribution in [0.1, 0.15) is 113 Å². The molecular weight excluding hydrogens is 364 g/mol. The Kier molecular flexibility index (Phi) is 6.05. The summed E-state index contributed by atoms with van der Waals surface area (Å²) in [5.74, 6) is 4.94. The highest BCUT2D eigenvalue weighted by Gasteiger charge is 2.60. The smallest absolute Gasteiger partial charge is 0.0594 e. The average molecular weight is 415 g/mol. The van der Waals surface area contributed by atoms with Gasteiger partial charge in [0.25, 0.3) is 0 Å². The van der Waals surface area contributed by atoms with E-state index in [2.05, 4.69) is 54.5 Å². The minimum Gasteiger partial charge on any atom is -0.393 e. The van der Waals surface area contributed by atoms with Crippen molar-refractivity contribution < 1.29 is 5.11 Å². The van der Waals surface area contributed by atoms with E-state index in [1.807, 2.05) is 5.57 Å². The lowest BCUT2D eigenvalue weighted by atomic mass is 9.45. The Labute approximate surface area is 187 Å². The number of aliphatic hydroxyl groups excluding tert-OH is 1. The summed E-state index contributed by atoms with van der Waals surface area (Å²) in [5.41, 5.74) is 2.87. The normalized spacial score (nSPS) is 46.0. The maximum absolute atomic E-state index is 10.8. The highest BCUT2D eigenvalue weighted by Crippen LogP contribution is 2.68. The van der Waals surface area contributed by atoms with Crippen LogP contribution >= 0.6 is 0 Å². The summed E-state index contributed by atoms with van der Waals surface area (Å²) in [7, 11) is 0. The van der Waals surface area contributed by atoms with Crippen molar-refractivity contribution in [3.63, 3.8) is 0 Å². The van der Waals surface area contributed by atoms with Crippen LogP contribution in [-0.4, -0.2) is 11.2 Å². The first-order valence-corrected chi connectivity index (χ1v) is 13.4. The van der Waals surface area contributed by atoms with Crippen LogP contribution < -0.4 is 0 Å². The van der Waals surface area contributed by atoms with Gasteiger partial charge in [-0.15, -0.1) is 0 Å². The molecule has 0 aliphatic heterocycles. The monoisotopic (exact) mass is 414 g/mol. The van der Waals surface area contributed by atoms with Crippen LogP contribution in [0.25, 0.3) is 0 Å². The molecule has 0 amide bonds. The molecule has 0 aromatic carbocycles. The third-order valence-electron chi connectivity index (χ3n) is 10.9. The van der Waals surface area contributed by atoms with Crippen molar-refractivity contribution >= 4 is 0 Å². The fraction of sp³-hybridized carbons (Fsp3) is 0.931. The van der Waals surface area contributed by atoms with Gasteiger partial charge in [0.05, 0.1) is 6.10 Å². The number of allylic oxidation sites excluding steroid dienone is 2. The van der Waals surface area contributed by atoms with Crippen LogP contribution in [0.3, 0.4) is 0 Å². The molecule has 1 heteroatoms. The summed E-state index contributed by atoms with van der Waals surface area (Å²) in [6, 6.07) is 0. The molecule has 4 aliphatic rings. The van der Waals surface area contributed by atoms with Crippen molar-refractivity contribution in [1.82, 2.24) is 0 Å². The minimum atomic E-state index is -0.123. The quantitative estimate of drug-likeness (QED) is 0.451. The molecule has 3 saturated carbocycles. The Hall–Kier alpha value is -0.300. The minimum absolute atomic E-state index is 0.0671. The number of fused-ring (bicyclic) bond motifs is 5. The number of hydrogen-bond donors (Lipinski definition) is 1. The van der Waals surface area contributed by atoms with Crippen LogP contribution in [0, 0.1) is 51.8 Å². The first-order valence-electron chi connectivity index (χ1n) is 13.4. The first kappa shape index (κ1) is 22.9. The first-order chi connectivity index (χ1) is 14.0. The molecule has 0 heterocycles. The van der Waals surface area contributed by atoms with E-state index in [0.29, 0.717) is 16.7 Å². The van der Waals surface area contributed by atoms with Crippen molar-refractivity contribution in [2.24, 2.45) is 51.8 Å². The van der Waals surface area contributed by atoms with E-state index >= 15 is 0 Å². The Balaban J connectivity index is 1.53. The fourth-order valence-electron chi connectivity index (χ4n) is 9.17. The molecule has 30 heavy (non-hydrogen) atoms. The molecule has 172 valence electrons. The Morgan fingerprint density at radius 1 is 0.967 bits per heavy atom. The van der Waals surface area contributed by atoms with Crippen LogP contribution in [-0.2, 0) is 0 Å². The molecule has 0 bridgehead atoms. The third-order valence-corrected chi connectivity index (χ3v) is 10.9. The predicted octanol–water partition coefficient (Wildman–Crippen LogP) is 8.02. The van der Waals surface area contributed by atoms with Crippen molar-refractivity contribution in [2.45, 2.75) is 119 Å². The largest absolute Gasteiger partial charge is 0.393 e. The van der Waals surface area contributed by atoms with Gasteiger partial charge >= 0.3 is 0 Å². The van der Waals surface area contributed by atoms with Gasteiger partial charge in [-0.1, -0.05) is 79.4 Å². The zero-order valence-electron chi connectivity index (χ0n) is 21.1. The van der Waals surface area contributed by atoms with Gasteiger partial charge in [0.1, 0.15) is 0 Å². The molecule has 0 radical (unpaired) electrons. The summed E-state index contributed by atoms with van der Waals surface area (Å²) in [6.45, 7) is 17.2. The lowest BCUT2D eigenvalue weighted by molar-refractivity contribution is -0.106. The van der Waals surface area contributed by atoms with E-state index in [4.69, 9.17) is 0 Å². The zero-order chi connectivity index (χ0) is 21.9. The summed E-state index contributed by atoms with van der Waals surface area (Å²) in [5, 5.41) is 10.8. The molecule has 0 spiro atoms. The highest BCUT2D eigenvalue weighted by molar-refractivity contribution is 5.28. The van der Waals surface area contributed by atoms with Gasteiger partial charge in [0, 0.05) is 0 Å². The summed E-state index contributed by atoms with van der Waals surface area (Å²) in [4.78, 5) is 0. The van der Waals surface area contributed by atoms with Gasteiger partial charge in [-0.25, -0.2) is 0 Å². The SMILES string of the molecule is CC(C)CCC[C@@H](C)[C@H]1CC[C@H]2C3=CC[C@H]4C[C@@H](O)C(C)(C)C[C@]4(C)[C@H]3CC[C@]12C. The number of hydrogen-bond acceptors (Lipinski definition) is 1. The molecule has 1 N–H and O–H groups in total. The molecule has 8 atom stereocenters. The number of rotatable bonds is 5. The molecule has 3 fully saturated rings. The van der Waals surface area contributed by atoms with Gasteiger partial charge in [0.2, 0.25) is 0 Å². The van der Waals surface area contributed by atoms with Crippen molar-refractivity contribution in [2.75, 3.05) is 0 Å². The lowest BCUT2D eigenvalue weighted by Crippen LogP contribution is -2.54. The molecule has 4 aliphatic carbocycles. The number of aliphatic hydroxyl groups is 1. The third kappa shape index (κ3) is 3.64. The van der Waals surface area contributed by atoms with E-state index < -0.39 is 0 Å². The van der Waals surface area contributed by atoms with E-state index in [1.165, 1.54) is 57.8 Å². The van der Waals surface area contributed by atoms with Gasteiger partial charge in [-0.3, -0.25) is 0 Å². The maximum atomic E-state index is 10.8. The van der Waals surface area contributed by atoms with Crippen molar-refractivity contribution in [3.05, 3.63) is 11.6 Å². The molecule has 0 aromatic heterocycles. The van der Waals surface area contributed by atoms with Gasteiger partial charge in [-0.05, 0) is 96.7 Å². The summed E-state index contributed by atoms with van der Waals surface area (Å²) >= 11 is 0. The highest BCUT2D eigenvalue weighted by atomic mass is 16.3. The topological polar surface area (TPSA) is 20.2 Å². The summed E-state index contributed by atoms with van der Waals surface area (Å²) in [6.07, 6.45) is 16.0.